The summed E-state index contributed by atoms with van der Waals surface area (Å²) in [7, 11) is 1.99. The zero-order valence-electron chi connectivity index (χ0n) is 23.2. The number of nitrogens with one attached hydrogen (secondary N) is 1. The summed E-state index contributed by atoms with van der Waals surface area (Å²) in [4.78, 5) is 57.3. The molecule has 2 aliphatic heterocycles. The molecule has 8 nitrogen and oxygen atoms in total. The van der Waals surface area contributed by atoms with Gasteiger partial charge in [0.15, 0.2) is 0 Å². The van der Waals surface area contributed by atoms with Crippen LogP contribution in [-0.2, 0) is 0 Å². The second-order valence-corrected chi connectivity index (χ2v) is 10.8. The van der Waals surface area contributed by atoms with Crippen molar-refractivity contribution in [2.24, 2.45) is 0 Å². The Morgan fingerprint density at radius 1 is 0.634 bits per heavy atom. The van der Waals surface area contributed by atoms with Crippen LogP contribution in [0.15, 0.2) is 72.8 Å². The summed E-state index contributed by atoms with van der Waals surface area (Å²) >= 11 is 0. The topological polar surface area (TPSA) is 90.0 Å². The summed E-state index contributed by atoms with van der Waals surface area (Å²) in [5.41, 5.74) is 2.28. The lowest BCUT2D eigenvalue weighted by Gasteiger charge is -2.31. The molecule has 4 amide bonds. The Bertz CT molecular complexity index is 1610. The molecule has 0 saturated carbocycles. The lowest BCUT2D eigenvalue weighted by molar-refractivity contribution is 0.0584. The molecule has 0 radical (unpaired) electrons. The number of amides is 4. The van der Waals surface area contributed by atoms with Crippen LogP contribution in [0, 0.1) is 0 Å². The average Bonchev–Trinajstić information content (AvgIpc) is 2.99. The molecule has 2 aliphatic rings. The first-order chi connectivity index (χ1) is 19.9. The molecule has 41 heavy (non-hydrogen) atoms. The number of carbonyl (C=O) groups excluding carboxylic acids is 4. The van der Waals surface area contributed by atoms with E-state index in [4.69, 9.17) is 0 Å². The minimum atomic E-state index is -0.255. The van der Waals surface area contributed by atoms with Gasteiger partial charge in [-0.15, -0.1) is 0 Å². The largest absolute Gasteiger partial charge is 0.315 e. The summed E-state index contributed by atoms with van der Waals surface area (Å²) < 4.78 is 0. The molecule has 1 atom stereocenters. The molecule has 1 unspecified atom stereocenters. The van der Waals surface area contributed by atoms with Gasteiger partial charge in [0.1, 0.15) is 0 Å². The first-order valence-electron chi connectivity index (χ1n) is 14.0. The smallest absolute Gasteiger partial charge is 0.261 e. The molecule has 0 aliphatic carbocycles. The van der Waals surface area contributed by atoms with Gasteiger partial charge in [-0.2, -0.15) is 0 Å². The van der Waals surface area contributed by atoms with Crippen LogP contribution in [0.25, 0.3) is 21.5 Å². The van der Waals surface area contributed by atoms with Gasteiger partial charge in [0.2, 0.25) is 0 Å². The first kappa shape index (κ1) is 26.8. The monoisotopic (exact) mass is 548 g/mol. The fraction of sp³-hybridized carbons (Fsp3) is 0.273. The number of benzene rings is 4. The van der Waals surface area contributed by atoms with E-state index < -0.39 is 0 Å². The van der Waals surface area contributed by atoms with Crippen molar-refractivity contribution in [3.8, 4) is 0 Å². The van der Waals surface area contributed by atoms with Gasteiger partial charge in [0.25, 0.3) is 23.6 Å². The van der Waals surface area contributed by atoms with E-state index in [0.717, 1.165) is 28.0 Å². The highest BCUT2D eigenvalue weighted by atomic mass is 16.2. The van der Waals surface area contributed by atoms with Crippen LogP contribution in [-0.4, -0.2) is 84.1 Å². The third kappa shape index (κ3) is 4.69. The molecular weight excluding hydrogens is 516 g/mol. The molecule has 8 heteroatoms. The highest BCUT2D eigenvalue weighted by Crippen LogP contribution is 2.31. The summed E-state index contributed by atoms with van der Waals surface area (Å²) in [6.45, 7) is 4.45. The van der Waals surface area contributed by atoms with Crippen LogP contribution in [0.5, 0.6) is 0 Å². The molecule has 4 aromatic carbocycles. The molecule has 4 aromatic rings. The highest BCUT2D eigenvalue weighted by molar-refractivity contribution is 6.26. The Balaban J connectivity index is 0.986. The third-order valence-corrected chi connectivity index (χ3v) is 8.39. The van der Waals surface area contributed by atoms with Crippen LogP contribution in [0.2, 0.25) is 0 Å². The van der Waals surface area contributed by atoms with E-state index in [1.807, 2.05) is 55.6 Å². The van der Waals surface area contributed by atoms with Crippen molar-refractivity contribution >= 4 is 45.2 Å². The molecule has 2 heterocycles. The number of rotatable bonds is 10. The van der Waals surface area contributed by atoms with Crippen LogP contribution < -0.4 is 5.32 Å². The fourth-order valence-corrected chi connectivity index (χ4v) is 5.89. The maximum absolute atomic E-state index is 13.2. The third-order valence-electron chi connectivity index (χ3n) is 8.39. The van der Waals surface area contributed by atoms with Gasteiger partial charge in [-0.05, 0) is 62.0 Å². The Labute approximate surface area is 238 Å². The molecule has 208 valence electrons. The van der Waals surface area contributed by atoms with Crippen molar-refractivity contribution in [2.75, 3.05) is 39.8 Å². The number of nitrogens with zero attached hydrogens (tertiary/aromatic N) is 3. The molecule has 0 fully saturated rings. The quantitative estimate of drug-likeness (QED) is 0.236. The van der Waals surface area contributed by atoms with Gasteiger partial charge < -0.3 is 10.2 Å². The second-order valence-electron chi connectivity index (χ2n) is 10.8. The minimum Gasteiger partial charge on any atom is -0.315 e. The van der Waals surface area contributed by atoms with Crippen molar-refractivity contribution in [1.82, 2.24) is 20.0 Å². The summed E-state index contributed by atoms with van der Waals surface area (Å²) in [6.07, 6.45) is 0.824. The molecular formula is C33H32N4O4. The van der Waals surface area contributed by atoms with Crippen molar-refractivity contribution in [3.63, 3.8) is 0 Å². The first-order valence-corrected chi connectivity index (χ1v) is 14.0. The highest BCUT2D eigenvalue weighted by Gasteiger charge is 2.33. The van der Waals surface area contributed by atoms with Crippen molar-refractivity contribution in [3.05, 3.63) is 95.1 Å². The van der Waals surface area contributed by atoms with Gasteiger partial charge in [-0.1, -0.05) is 48.5 Å². The maximum Gasteiger partial charge on any atom is 0.261 e. The Hall–Kier alpha value is -4.40. The molecule has 1 N–H and O–H groups in total. The lowest BCUT2D eigenvalue weighted by Crippen LogP contribution is -2.46. The Morgan fingerprint density at radius 3 is 1.49 bits per heavy atom. The SMILES string of the molecule is CC(CCNCCN1C(=O)c2cccc3cccc(c23)C1=O)N(C)CCN1C(=O)c2cccc3cccc(c23)C1=O. The zero-order chi connectivity index (χ0) is 28.7. The molecule has 0 spiro atoms. The molecule has 0 bridgehead atoms. The Kier molecular flexibility index (Phi) is 7.11. The summed E-state index contributed by atoms with van der Waals surface area (Å²) in [6, 6.07) is 22.4. The van der Waals surface area contributed by atoms with Crippen LogP contribution in [0.3, 0.4) is 0 Å². The number of imide groups is 2. The lowest BCUT2D eigenvalue weighted by atomic mass is 9.94. The predicted molar refractivity (Wildman–Crippen MR) is 158 cm³/mol. The molecule has 0 aromatic heterocycles. The van der Waals surface area contributed by atoms with Crippen LogP contribution in [0.1, 0.15) is 54.8 Å². The van der Waals surface area contributed by atoms with E-state index in [0.29, 0.717) is 55.0 Å². The van der Waals surface area contributed by atoms with E-state index in [1.54, 1.807) is 24.3 Å². The second kappa shape index (κ2) is 10.9. The van der Waals surface area contributed by atoms with E-state index >= 15 is 0 Å². The van der Waals surface area contributed by atoms with Crippen LogP contribution in [0.4, 0.5) is 0 Å². The number of hydrogen-bond acceptors (Lipinski definition) is 6. The van der Waals surface area contributed by atoms with Crippen molar-refractivity contribution < 1.29 is 19.2 Å². The van der Waals surface area contributed by atoms with Crippen LogP contribution >= 0.6 is 0 Å². The van der Waals surface area contributed by atoms with Gasteiger partial charge in [-0.25, -0.2) is 0 Å². The van der Waals surface area contributed by atoms with E-state index in [2.05, 4.69) is 17.1 Å². The van der Waals surface area contributed by atoms with Gasteiger partial charge in [0, 0.05) is 65.2 Å². The van der Waals surface area contributed by atoms with E-state index in [9.17, 15) is 19.2 Å². The molecule has 6 rings (SSSR count). The summed E-state index contributed by atoms with van der Waals surface area (Å²) in [5.74, 6) is -1.00. The zero-order valence-corrected chi connectivity index (χ0v) is 23.2. The van der Waals surface area contributed by atoms with Gasteiger partial charge in [-0.3, -0.25) is 29.0 Å². The number of likely N-dealkylation sites (N-methyl/N-ethyl adjacent to an activating group) is 1. The van der Waals surface area contributed by atoms with Crippen molar-refractivity contribution in [2.45, 2.75) is 19.4 Å². The average molecular weight is 549 g/mol. The standard InChI is InChI=1S/C33H32N4O4/c1-21(35(2)19-20-37-32(40)26-13-5-9-23-10-6-14-27(29(23)26)33(37)41)15-16-34-17-18-36-30(38)24-11-3-7-22-8-4-12-25(28(22)24)31(36)39/h3-14,21,34H,15-20H2,1-2H3. The Morgan fingerprint density at radius 2 is 1.05 bits per heavy atom. The normalized spacial score (nSPS) is 15.5. The maximum atomic E-state index is 13.2. The predicted octanol–water partition coefficient (Wildman–Crippen LogP) is 4.19. The van der Waals surface area contributed by atoms with Gasteiger partial charge >= 0.3 is 0 Å². The minimum absolute atomic E-state index is 0.191. The van der Waals surface area contributed by atoms with Crippen molar-refractivity contribution in [1.29, 1.82) is 0 Å². The number of carbonyl (C=O) groups is 4. The van der Waals surface area contributed by atoms with E-state index in [-0.39, 0.29) is 29.7 Å². The number of hydrogen-bond donors (Lipinski definition) is 1. The van der Waals surface area contributed by atoms with Gasteiger partial charge in [0.05, 0.1) is 0 Å². The van der Waals surface area contributed by atoms with E-state index in [1.165, 1.54) is 9.80 Å². The molecule has 0 saturated heterocycles. The summed E-state index contributed by atoms with van der Waals surface area (Å²) in [5, 5.41) is 6.63. The fourth-order valence-electron chi connectivity index (χ4n) is 5.89.